The lowest BCUT2D eigenvalue weighted by Gasteiger charge is -2.10. The summed E-state index contributed by atoms with van der Waals surface area (Å²) in [4.78, 5) is 4.41. The van der Waals surface area contributed by atoms with Crippen LogP contribution >= 0.6 is 15.9 Å². The van der Waals surface area contributed by atoms with Gasteiger partial charge in [0.15, 0.2) is 5.82 Å². The first-order valence-corrected chi connectivity index (χ1v) is 7.11. The molecule has 0 bridgehead atoms. The van der Waals surface area contributed by atoms with Gasteiger partial charge in [-0.05, 0) is 11.6 Å². The van der Waals surface area contributed by atoms with Crippen LogP contribution in [0, 0.1) is 5.82 Å². The summed E-state index contributed by atoms with van der Waals surface area (Å²) in [6.45, 7) is 3.99. The normalized spacial score (nSPS) is 10.9. The Morgan fingerprint density at radius 3 is 2.67 bits per heavy atom. The van der Waals surface area contributed by atoms with Crippen molar-refractivity contribution in [3.63, 3.8) is 0 Å². The van der Waals surface area contributed by atoms with Gasteiger partial charge in [0.1, 0.15) is 17.3 Å². The Morgan fingerprint density at radius 2 is 2.06 bits per heavy atom. The first kappa shape index (κ1) is 13.2. The number of alkyl halides is 1. The average molecular weight is 312 g/mol. The van der Waals surface area contributed by atoms with Crippen molar-refractivity contribution in [2.75, 3.05) is 0 Å². The SMILES string of the molecule is CCc1nc(CC)n(-c2c(F)cccc2CBr)n1. The van der Waals surface area contributed by atoms with Gasteiger partial charge in [-0.1, -0.05) is 41.9 Å². The highest BCUT2D eigenvalue weighted by Crippen LogP contribution is 2.22. The van der Waals surface area contributed by atoms with Gasteiger partial charge in [0, 0.05) is 18.2 Å². The van der Waals surface area contributed by atoms with E-state index in [4.69, 9.17) is 0 Å². The lowest BCUT2D eigenvalue weighted by Crippen LogP contribution is -2.07. The molecule has 2 rings (SSSR count). The Balaban J connectivity index is 2.64. The van der Waals surface area contributed by atoms with E-state index in [-0.39, 0.29) is 5.82 Å². The van der Waals surface area contributed by atoms with Crippen molar-refractivity contribution in [3.05, 3.63) is 41.2 Å². The summed E-state index contributed by atoms with van der Waals surface area (Å²) >= 11 is 3.38. The lowest BCUT2D eigenvalue weighted by molar-refractivity contribution is 0.603. The third-order valence-corrected chi connectivity index (χ3v) is 3.38. The Labute approximate surface area is 114 Å². The Kier molecular flexibility index (Phi) is 4.11. The first-order valence-electron chi connectivity index (χ1n) is 5.99. The number of benzene rings is 1. The molecule has 18 heavy (non-hydrogen) atoms. The van der Waals surface area contributed by atoms with Crippen LogP contribution in [0.15, 0.2) is 18.2 Å². The predicted octanol–water partition coefficient (Wildman–Crippen LogP) is 3.43. The molecular weight excluding hydrogens is 297 g/mol. The summed E-state index contributed by atoms with van der Waals surface area (Å²) in [6.07, 6.45) is 1.47. The maximum atomic E-state index is 14.0. The van der Waals surface area contributed by atoms with Crippen LogP contribution in [-0.2, 0) is 18.2 Å². The maximum Gasteiger partial charge on any atom is 0.151 e. The number of halogens is 2. The van der Waals surface area contributed by atoms with E-state index in [1.807, 2.05) is 19.9 Å². The van der Waals surface area contributed by atoms with Crippen LogP contribution in [0.5, 0.6) is 0 Å². The Morgan fingerprint density at radius 1 is 1.28 bits per heavy atom. The second kappa shape index (κ2) is 5.61. The molecule has 0 fully saturated rings. The van der Waals surface area contributed by atoms with Gasteiger partial charge in [0.2, 0.25) is 0 Å². The second-order valence-corrected chi connectivity index (χ2v) is 4.51. The fraction of sp³-hybridized carbons (Fsp3) is 0.385. The summed E-state index contributed by atoms with van der Waals surface area (Å²) in [5.74, 6) is 1.27. The molecule has 0 aliphatic heterocycles. The number of aromatic nitrogens is 3. The van der Waals surface area contributed by atoms with E-state index < -0.39 is 0 Å². The molecule has 1 aromatic carbocycles. The van der Waals surface area contributed by atoms with Gasteiger partial charge >= 0.3 is 0 Å². The highest BCUT2D eigenvalue weighted by atomic mass is 79.9. The van der Waals surface area contributed by atoms with Crippen molar-refractivity contribution in [2.45, 2.75) is 32.0 Å². The minimum Gasteiger partial charge on any atom is -0.216 e. The molecule has 0 radical (unpaired) electrons. The zero-order valence-electron chi connectivity index (χ0n) is 10.5. The molecule has 0 unspecified atom stereocenters. The van der Waals surface area contributed by atoms with Gasteiger partial charge in [-0.2, -0.15) is 5.10 Å². The molecule has 0 atom stereocenters. The van der Waals surface area contributed by atoms with Crippen LogP contribution in [0.25, 0.3) is 5.69 Å². The monoisotopic (exact) mass is 311 g/mol. The van der Waals surface area contributed by atoms with Crippen molar-refractivity contribution in [3.8, 4) is 5.69 Å². The molecule has 2 aromatic rings. The Hall–Kier alpha value is -1.23. The first-order chi connectivity index (χ1) is 8.71. The van der Waals surface area contributed by atoms with Crippen LogP contribution in [0.3, 0.4) is 0 Å². The topological polar surface area (TPSA) is 30.7 Å². The van der Waals surface area contributed by atoms with E-state index >= 15 is 0 Å². The number of nitrogens with zero attached hydrogens (tertiary/aromatic N) is 3. The molecule has 1 heterocycles. The van der Waals surface area contributed by atoms with E-state index in [2.05, 4.69) is 26.0 Å². The summed E-state index contributed by atoms with van der Waals surface area (Å²) in [6, 6.07) is 5.05. The minimum absolute atomic E-state index is 0.269. The molecule has 96 valence electrons. The fourth-order valence-electron chi connectivity index (χ4n) is 1.85. The highest BCUT2D eigenvalue weighted by molar-refractivity contribution is 9.08. The number of hydrogen-bond acceptors (Lipinski definition) is 2. The van der Waals surface area contributed by atoms with Crippen LogP contribution in [0.2, 0.25) is 0 Å². The summed E-state index contributed by atoms with van der Waals surface area (Å²) in [7, 11) is 0. The third-order valence-electron chi connectivity index (χ3n) is 2.78. The zero-order valence-corrected chi connectivity index (χ0v) is 12.0. The molecule has 1 aromatic heterocycles. The van der Waals surface area contributed by atoms with Crippen LogP contribution < -0.4 is 0 Å². The van der Waals surface area contributed by atoms with E-state index in [0.29, 0.717) is 11.0 Å². The van der Waals surface area contributed by atoms with Gasteiger partial charge in [-0.3, -0.25) is 0 Å². The van der Waals surface area contributed by atoms with Crippen molar-refractivity contribution in [1.82, 2.24) is 14.8 Å². The molecule has 0 aliphatic rings. The van der Waals surface area contributed by atoms with Crippen molar-refractivity contribution in [2.24, 2.45) is 0 Å². The van der Waals surface area contributed by atoms with Crippen molar-refractivity contribution < 1.29 is 4.39 Å². The van der Waals surface area contributed by atoms with Gasteiger partial charge in [-0.25, -0.2) is 14.1 Å². The highest BCUT2D eigenvalue weighted by Gasteiger charge is 2.15. The van der Waals surface area contributed by atoms with Crippen LogP contribution in [-0.4, -0.2) is 14.8 Å². The lowest BCUT2D eigenvalue weighted by atomic mass is 10.2. The number of rotatable bonds is 4. The zero-order chi connectivity index (χ0) is 13.1. The summed E-state index contributed by atoms with van der Waals surface area (Å²) in [5.41, 5.74) is 1.37. The Bertz CT molecular complexity index is 551. The van der Waals surface area contributed by atoms with Gasteiger partial charge in [-0.15, -0.1) is 0 Å². The fourth-order valence-corrected chi connectivity index (χ4v) is 2.31. The molecule has 0 aliphatic carbocycles. The number of para-hydroxylation sites is 1. The minimum atomic E-state index is -0.269. The van der Waals surface area contributed by atoms with E-state index in [9.17, 15) is 4.39 Å². The summed E-state index contributed by atoms with van der Waals surface area (Å²) < 4.78 is 15.7. The maximum absolute atomic E-state index is 14.0. The molecule has 5 heteroatoms. The predicted molar refractivity (Wildman–Crippen MR) is 72.7 cm³/mol. The smallest absolute Gasteiger partial charge is 0.151 e. The molecule has 0 saturated heterocycles. The molecule has 0 saturated carbocycles. The second-order valence-electron chi connectivity index (χ2n) is 3.94. The quantitative estimate of drug-likeness (QED) is 0.810. The standard InChI is InChI=1S/C13H15BrFN3/c1-3-11-16-12(4-2)18(17-11)13-9(8-14)6-5-7-10(13)15/h5-7H,3-4,8H2,1-2H3. The molecule has 0 amide bonds. The molecular formula is C13H15BrFN3. The molecule has 0 spiro atoms. The van der Waals surface area contributed by atoms with E-state index in [0.717, 1.165) is 30.1 Å². The van der Waals surface area contributed by atoms with E-state index in [1.165, 1.54) is 6.07 Å². The van der Waals surface area contributed by atoms with E-state index in [1.54, 1.807) is 10.7 Å². The van der Waals surface area contributed by atoms with Gasteiger partial charge < -0.3 is 0 Å². The van der Waals surface area contributed by atoms with Crippen LogP contribution in [0.1, 0.15) is 31.1 Å². The third kappa shape index (κ3) is 2.32. The van der Waals surface area contributed by atoms with Gasteiger partial charge in [0.05, 0.1) is 0 Å². The van der Waals surface area contributed by atoms with Crippen LogP contribution in [0.4, 0.5) is 4.39 Å². The van der Waals surface area contributed by atoms with Crippen molar-refractivity contribution in [1.29, 1.82) is 0 Å². The number of aryl methyl sites for hydroxylation is 2. The van der Waals surface area contributed by atoms with Crippen molar-refractivity contribution >= 4 is 15.9 Å². The average Bonchev–Trinajstić information content (AvgIpc) is 2.81. The molecule has 0 N–H and O–H groups in total. The largest absolute Gasteiger partial charge is 0.216 e. The molecule has 3 nitrogen and oxygen atoms in total. The van der Waals surface area contributed by atoms with Gasteiger partial charge in [0.25, 0.3) is 0 Å². The number of hydrogen-bond donors (Lipinski definition) is 0. The summed E-state index contributed by atoms with van der Waals surface area (Å²) in [5, 5.41) is 4.97.